The van der Waals surface area contributed by atoms with Crippen LogP contribution in [0.15, 0.2) is 136 Å². The SMILES string of the molecule is CCCCOc1ccc(Sc2ccc(-c3ccccc3C(O)c3cccc(C(CCCCCCCO[Si](C)(C)C(C)(C)C)O[Si](C)(C)C(C)(C)C)c3)cc2S(=O)(=O)Oc2ccccc2)cc1. The molecule has 0 bridgehead atoms. The van der Waals surface area contributed by atoms with Gasteiger partial charge in [0, 0.05) is 16.4 Å². The Bertz CT molecular complexity index is 2390. The number of aliphatic hydroxyl groups is 1. The van der Waals surface area contributed by atoms with Gasteiger partial charge in [0.25, 0.3) is 0 Å². The zero-order chi connectivity index (χ0) is 48.2. The zero-order valence-corrected chi connectivity index (χ0v) is 45.1. The summed E-state index contributed by atoms with van der Waals surface area (Å²) in [5.74, 6) is 0.995. The van der Waals surface area contributed by atoms with Gasteiger partial charge < -0.3 is 22.9 Å². The highest BCUT2D eigenvalue weighted by Gasteiger charge is 2.40. The predicted molar refractivity (Wildman–Crippen MR) is 279 cm³/mol. The standard InChI is InChI=1S/C55H76O7S2Si2/c1-12-13-38-59-45-33-35-47(36-34-45)63-51-37-32-42(41-52(51)64(57,58)61-46-27-18-17-19-28-46)48-29-21-22-30-49(48)53(56)44-26-24-25-43(40-44)50(62-66(10,11)55(5,6)7)31-20-15-14-16-23-39-60-65(8,9)54(2,3)4/h17-19,21-22,24-30,32-37,40-41,50,53,56H,12-16,20,23,31,38-39H2,1-11H3. The van der Waals surface area contributed by atoms with Crippen molar-refractivity contribution in [1.82, 2.24) is 0 Å². The molecule has 0 amide bonds. The first-order valence-electron chi connectivity index (χ1n) is 23.9. The summed E-state index contributed by atoms with van der Waals surface area (Å²) >= 11 is 1.34. The van der Waals surface area contributed by atoms with Crippen LogP contribution in [0.25, 0.3) is 11.1 Å². The molecule has 5 aromatic rings. The Morgan fingerprint density at radius 3 is 1.95 bits per heavy atom. The molecule has 0 fully saturated rings. The summed E-state index contributed by atoms with van der Waals surface area (Å²) in [6.07, 6.45) is 7.39. The largest absolute Gasteiger partial charge is 0.494 e. The van der Waals surface area contributed by atoms with Crippen molar-refractivity contribution in [3.05, 3.63) is 138 Å². The van der Waals surface area contributed by atoms with Crippen molar-refractivity contribution >= 4 is 38.5 Å². The molecule has 0 aliphatic heterocycles. The maximum Gasteiger partial charge on any atom is 0.340 e. The van der Waals surface area contributed by atoms with E-state index in [9.17, 15) is 13.5 Å². The van der Waals surface area contributed by atoms with Crippen molar-refractivity contribution in [2.75, 3.05) is 13.2 Å². The lowest BCUT2D eigenvalue weighted by Gasteiger charge is -2.39. The molecule has 2 atom stereocenters. The van der Waals surface area contributed by atoms with Gasteiger partial charge in [-0.2, -0.15) is 8.42 Å². The van der Waals surface area contributed by atoms with Gasteiger partial charge in [-0.15, -0.1) is 0 Å². The summed E-state index contributed by atoms with van der Waals surface area (Å²) in [7, 11) is -8.18. The van der Waals surface area contributed by atoms with E-state index in [4.69, 9.17) is 17.8 Å². The topological polar surface area (TPSA) is 91.3 Å². The smallest absolute Gasteiger partial charge is 0.340 e. The van der Waals surface area contributed by atoms with E-state index in [1.54, 1.807) is 30.3 Å². The van der Waals surface area contributed by atoms with Gasteiger partial charge in [0.15, 0.2) is 16.6 Å². The summed E-state index contributed by atoms with van der Waals surface area (Å²) in [6.45, 7) is 26.6. The lowest BCUT2D eigenvalue weighted by molar-refractivity contribution is 0.168. The van der Waals surface area contributed by atoms with Crippen molar-refractivity contribution in [3.63, 3.8) is 0 Å². The van der Waals surface area contributed by atoms with Crippen LogP contribution in [0.4, 0.5) is 0 Å². The van der Waals surface area contributed by atoms with Crippen molar-refractivity contribution in [2.24, 2.45) is 0 Å². The highest BCUT2D eigenvalue weighted by Crippen LogP contribution is 2.43. The molecule has 5 rings (SSSR count). The molecule has 7 nitrogen and oxygen atoms in total. The molecule has 66 heavy (non-hydrogen) atoms. The monoisotopic (exact) mass is 968 g/mol. The van der Waals surface area contributed by atoms with Crippen molar-refractivity contribution in [3.8, 4) is 22.6 Å². The van der Waals surface area contributed by atoms with E-state index >= 15 is 0 Å². The van der Waals surface area contributed by atoms with Gasteiger partial charge in [-0.05, 0) is 132 Å². The van der Waals surface area contributed by atoms with Crippen molar-refractivity contribution < 1.29 is 31.3 Å². The normalized spacial score (nSPS) is 13.6. The van der Waals surface area contributed by atoms with E-state index in [2.05, 4.69) is 86.8 Å². The molecule has 11 heteroatoms. The van der Waals surface area contributed by atoms with Crippen LogP contribution >= 0.6 is 11.8 Å². The number of ether oxygens (including phenoxy) is 1. The molecule has 2 unspecified atom stereocenters. The molecule has 0 aromatic heterocycles. The molecule has 1 N–H and O–H groups in total. The molecule has 0 heterocycles. The van der Waals surface area contributed by atoms with Crippen LogP contribution in [-0.4, -0.2) is 43.4 Å². The fourth-order valence-corrected chi connectivity index (χ4v) is 11.8. The summed E-state index contributed by atoms with van der Waals surface area (Å²) in [5.41, 5.74) is 3.84. The van der Waals surface area contributed by atoms with E-state index in [0.717, 1.165) is 85.3 Å². The third-order valence-corrected chi connectivity index (χ3v) is 24.8. The molecule has 0 saturated carbocycles. The molecule has 0 radical (unpaired) electrons. The molecule has 0 aliphatic carbocycles. The van der Waals surface area contributed by atoms with Crippen LogP contribution in [0.5, 0.6) is 11.5 Å². The quantitative estimate of drug-likeness (QED) is 0.0371. The van der Waals surface area contributed by atoms with Gasteiger partial charge >= 0.3 is 10.1 Å². The number of para-hydroxylation sites is 1. The molecule has 358 valence electrons. The molecule has 0 aliphatic rings. The second kappa shape index (κ2) is 23.6. The number of hydrogen-bond donors (Lipinski definition) is 1. The Morgan fingerprint density at radius 1 is 0.636 bits per heavy atom. The Morgan fingerprint density at radius 2 is 1.27 bits per heavy atom. The minimum absolute atomic E-state index is 0.0332. The van der Waals surface area contributed by atoms with Gasteiger partial charge in [-0.1, -0.05) is 165 Å². The predicted octanol–water partition coefficient (Wildman–Crippen LogP) is 16.0. The lowest BCUT2D eigenvalue weighted by Crippen LogP contribution is -2.41. The van der Waals surface area contributed by atoms with E-state index in [1.165, 1.54) is 11.8 Å². The van der Waals surface area contributed by atoms with Gasteiger partial charge in [0.2, 0.25) is 0 Å². The Hall–Kier alpha value is -3.69. The van der Waals surface area contributed by atoms with E-state index in [0.29, 0.717) is 22.6 Å². The Kier molecular flexibility index (Phi) is 19.0. The van der Waals surface area contributed by atoms with Crippen molar-refractivity contribution in [1.29, 1.82) is 0 Å². The molecular formula is C55H76O7S2Si2. The van der Waals surface area contributed by atoms with Crippen LogP contribution in [0.2, 0.25) is 36.3 Å². The Labute approximate surface area is 404 Å². The van der Waals surface area contributed by atoms with Gasteiger partial charge in [-0.3, -0.25) is 0 Å². The summed E-state index contributed by atoms with van der Waals surface area (Å²) in [5, 5.41) is 12.5. The average molecular weight is 970 g/mol. The number of benzene rings is 5. The number of aliphatic hydroxyl groups excluding tert-OH is 1. The van der Waals surface area contributed by atoms with E-state index in [1.807, 2.05) is 78.9 Å². The van der Waals surface area contributed by atoms with E-state index in [-0.39, 0.29) is 26.8 Å². The number of rotatable bonds is 24. The van der Waals surface area contributed by atoms with Crippen LogP contribution in [0.3, 0.4) is 0 Å². The molecular weight excluding hydrogens is 893 g/mol. The minimum atomic E-state index is -4.29. The summed E-state index contributed by atoms with van der Waals surface area (Å²) in [6, 6.07) is 37.5. The number of hydrogen-bond acceptors (Lipinski definition) is 8. The molecule has 0 spiro atoms. The zero-order valence-electron chi connectivity index (χ0n) is 41.5. The maximum atomic E-state index is 14.2. The van der Waals surface area contributed by atoms with Gasteiger partial charge in [0.05, 0.1) is 12.7 Å². The maximum absolute atomic E-state index is 14.2. The van der Waals surface area contributed by atoms with E-state index < -0.39 is 32.9 Å². The second-order valence-electron chi connectivity index (χ2n) is 20.5. The van der Waals surface area contributed by atoms with Crippen LogP contribution in [0.1, 0.15) is 129 Å². The van der Waals surface area contributed by atoms with Gasteiger partial charge in [-0.25, -0.2) is 0 Å². The van der Waals surface area contributed by atoms with Crippen LogP contribution in [0, 0.1) is 0 Å². The minimum Gasteiger partial charge on any atom is -0.494 e. The first-order chi connectivity index (χ1) is 31.1. The molecule has 0 saturated heterocycles. The fraction of sp³-hybridized carbons (Fsp3) is 0.455. The summed E-state index contributed by atoms with van der Waals surface area (Å²) < 4.78 is 53.6. The van der Waals surface area contributed by atoms with Crippen molar-refractivity contribution in [2.45, 2.75) is 163 Å². The third-order valence-electron chi connectivity index (χ3n) is 13.3. The summed E-state index contributed by atoms with van der Waals surface area (Å²) in [4.78, 5) is 1.41. The molecule has 5 aromatic carbocycles. The lowest BCUT2D eigenvalue weighted by atomic mass is 9.91. The average Bonchev–Trinajstić information content (AvgIpc) is 3.27. The first kappa shape index (κ1) is 53.3. The third kappa shape index (κ3) is 14.9. The Balaban J connectivity index is 1.40. The first-order valence-corrected chi connectivity index (χ1v) is 31.9. The highest BCUT2D eigenvalue weighted by atomic mass is 32.2. The fourth-order valence-electron chi connectivity index (χ4n) is 7.11. The number of unbranched alkanes of at least 4 members (excludes halogenated alkanes) is 5. The van der Waals surface area contributed by atoms with Crippen LogP contribution < -0.4 is 8.92 Å². The highest BCUT2D eigenvalue weighted by molar-refractivity contribution is 8.00. The van der Waals surface area contributed by atoms with Crippen LogP contribution in [-0.2, 0) is 19.0 Å². The van der Waals surface area contributed by atoms with Gasteiger partial charge in [0.1, 0.15) is 22.5 Å². The second-order valence-corrected chi connectivity index (χ2v) is 32.7.